The number of piperazine rings is 1. The molecule has 5 rings (SSSR count). The maximum atomic E-state index is 13.7. The van der Waals surface area contributed by atoms with Crippen molar-refractivity contribution in [3.05, 3.63) is 66.4 Å². The van der Waals surface area contributed by atoms with Crippen LogP contribution in [0, 0.1) is 11.6 Å². The molecule has 3 heterocycles. The summed E-state index contributed by atoms with van der Waals surface area (Å²) < 4.78 is 29.3. The molecule has 2 aromatic heterocycles. The first-order valence-corrected chi connectivity index (χ1v) is 13.9. The molecule has 2 aromatic carbocycles. The summed E-state index contributed by atoms with van der Waals surface area (Å²) in [4.78, 5) is 10.5. The van der Waals surface area contributed by atoms with Crippen molar-refractivity contribution in [2.45, 2.75) is 36.1 Å². The Labute approximate surface area is 236 Å². The zero-order chi connectivity index (χ0) is 27.7. The molecule has 7 nitrogen and oxygen atoms in total. The SMILES string of the molecule is CN1CCN(c2ccc(NC(=S)Nc3nn(C(C)(C)C)c4ncc(Sc5cc(F)cc(F)c5)cc34)cc2)CC1. The van der Waals surface area contributed by atoms with E-state index in [0.29, 0.717) is 21.5 Å². The minimum Gasteiger partial charge on any atom is -0.369 e. The molecule has 0 aliphatic carbocycles. The summed E-state index contributed by atoms with van der Waals surface area (Å²) in [5.74, 6) is -0.697. The monoisotopic (exact) mass is 567 g/mol. The summed E-state index contributed by atoms with van der Waals surface area (Å²) in [6, 6.07) is 13.6. The van der Waals surface area contributed by atoms with Crippen LogP contribution in [0.15, 0.2) is 64.5 Å². The van der Waals surface area contributed by atoms with E-state index in [1.165, 1.54) is 29.6 Å². The molecule has 0 radical (unpaired) electrons. The number of rotatable bonds is 5. The topological polar surface area (TPSA) is 61.2 Å². The third kappa shape index (κ3) is 6.48. The number of benzene rings is 2. The highest BCUT2D eigenvalue weighted by Crippen LogP contribution is 2.34. The number of pyridine rings is 1. The molecule has 1 aliphatic rings. The van der Waals surface area contributed by atoms with Crippen LogP contribution in [0.25, 0.3) is 11.0 Å². The van der Waals surface area contributed by atoms with E-state index in [-0.39, 0.29) is 5.54 Å². The first kappa shape index (κ1) is 27.3. The number of likely N-dealkylation sites (N-methyl/N-ethyl adjacent to an activating group) is 1. The van der Waals surface area contributed by atoms with Gasteiger partial charge >= 0.3 is 0 Å². The van der Waals surface area contributed by atoms with Gasteiger partial charge in [0.25, 0.3) is 0 Å². The Kier molecular flexibility index (Phi) is 7.75. The lowest BCUT2D eigenvalue weighted by atomic mass is 10.1. The molecule has 1 saturated heterocycles. The summed E-state index contributed by atoms with van der Waals surface area (Å²) in [6.45, 7) is 10.3. The molecule has 2 N–H and O–H groups in total. The molecule has 204 valence electrons. The molecule has 0 amide bonds. The van der Waals surface area contributed by atoms with Crippen molar-refractivity contribution in [1.82, 2.24) is 19.7 Å². The fraction of sp³-hybridized carbons (Fsp3) is 0.321. The zero-order valence-corrected chi connectivity index (χ0v) is 24.0. The number of aromatic nitrogens is 3. The highest BCUT2D eigenvalue weighted by atomic mass is 32.2. The molecular weight excluding hydrogens is 536 g/mol. The van der Waals surface area contributed by atoms with Gasteiger partial charge in [0, 0.05) is 59.6 Å². The zero-order valence-electron chi connectivity index (χ0n) is 22.3. The summed E-state index contributed by atoms with van der Waals surface area (Å²) in [5, 5.41) is 12.4. The fourth-order valence-electron chi connectivity index (χ4n) is 4.41. The van der Waals surface area contributed by atoms with Crippen molar-refractivity contribution in [3.8, 4) is 0 Å². The number of thiocarbonyl (C=S) groups is 1. The van der Waals surface area contributed by atoms with Crippen LogP contribution in [-0.4, -0.2) is 58.0 Å². The highest BCUT2D eigenvalue weighted by molar-refractivity contribution is 7.99. The second-order valence-corrected chi connectivity index (χ2v) is 12.2. The summed E-state index contributed by atoms with van der Waals surface area (Å²) >= 11 is 6.85. The molecule has 1 aliphatic heterocycles. The number of anilines is 3. The first-order valence-electron chi connectivity index (χ1n) is 12.7. The molecule has 0 atom stereocenters. The van der Waals surface area contributed by atoms with E-state index in [0.717, 1.165) is 48.2 Å². The standard InChI is InChI=1S/C28H31F2N7S2/c1-28(2,3)37-26-24(16-23(17-31-26)39-22-14-18(29)13-19(30)15-22)25(34-37)33-27(38)32-20-5-7-21(8-6-20)36-11-9-35(4)10-12-36/h5-8,13-17H,9-12H2,1-4H3,(H2,32,33,34,38). The van der Waals surface area contributed by atoms with Gasteiger partial charge in [-0.2, -0.15) is 5.10 Å². The predicted molar refractivity (Wildman–Crippen MR) is 159 cm³/mol. The van der Waals surface area contributed by atoms with Crippen LogP contribution in [0.1, 0.15) is 20.8 Å². The van der Waals surface area contributed by atoms with Crippen LogP contribution in [0.2, 0.25) is 0 Å². The van der Waals surface area contributed by atoms with E-state index >= 15 is 0 Å². The number of nitrogens with zero attached hydrogens (tertiary/aromatic N) is 5. The van der Waals surface area contributed by atoms with Crippen LogP contribution in [0.4, 0.5) is 26.0 Å². The third-order valence-corrected chi connectivity index (χ3v) is 7.56. The summed E-state index contributed by atoms with van der Waals surface area (Å²) in [6.07, 6.45) is 1.68. The lowest BCUT2D eigenvalue weighted by Crippen LogP contribution is -2.44. The normalized spacial score (nSPS) is 14.6. The molecular formula is C28H31F2N7S2. The van der Waals surface area contributed by atoms with Gasteiger partial charge < -0.3 is 20.4 Å². The number of fused-ring (bicyclic) bond motifs is 1. The lowest BCUT2D eigenvalue weighted by molar-refractivity contribution is 0.313. The van der Waals surface area contributed by atoms with E-state index in [9.17, 15) is 8.78 Å². The second kappa shape index (κ2) is 11.1. The molecule has 0 saturated carbocycles. The minimum absolute atomic E-state index is 0.334. The maximum absolute atomic E-state index is 13.7. The van der Waals surface area contributed by atoms with Crippen LogP contribution in [0.5, 0.6) is 0 Å². The molecule has 0 bridgehead atoms. The van der Waals surface area contributed by atoms with Crippen LogP contribution in [-0.2, 0) is 5.54 Å². The number of nitrogens with one attached hydrogen (secondary N) is 2. The maximum Gasteiger partial charge on any atom is 0.176 e. The smallest absolute Gasteiger partial charge is 0.176 e. The van der Waals surface area contributed by atoms with Gasteiger partial charge in [0.05, 0.1) is 10.9 Å². The Bertz CT molecular complexity index is 1470. The Morgan fingerprint density at radius 3 is 2.23 bits per heavy atom. The van der Waals surface area contributed by atoms with Gasteiger partial charge in [-0.05, 0) is 82.5 Å². The largest absolute Gasteiger partial charge is 0.369 e. The molecule has 0 spiro atoms. The third-order valence-electron chi connectivity index (χ3n) is 6.43. The quantitative estimate of drug-likeness (QED) is 0.278. The predicted octanol–water partition coefficient (Wildman–Crippen LogP) is 6.18. The Morgan fingerprint density at radius 1 is 0.923 bits per heavy atom. The van der Waals surface area contributed by atoms with Crippen molar-refractivity contribution in [3.63, 3.8) is 0 Å². The van der Waals surface area contributed by atoms with Gasteiger partial charge in [-0.25, -0.2) is 18.4 Å². The van der Waals surface area contributed by atoms with Crippen LogP contribution >= 0.6 is 24.0 Å². The van der Waals surface area contributed by atoms with Gasteiger partial charge in [-0.15, -0.1) is 0 Å². The van der Waals surface area contributed by atoms with Crippen molar-refractivity contribution in [2.24, 2.45) is 0 Å². The Balaban J connectivity index is 1.35. The summed E-state index contributed by atoms with van der Waals surface area (Å²) in [7, 11) is 2.15. The molecule has 4 aromatic rings. The van der Waals surface area contributed by atoms with Crippen LogP contribution in [0.3, 0.4) is 0 Å². The van der Waals surface area contributed by atoms with Gasteiger partial charge in [0.1, 0.15) is 11.6 Å². The first-order chi connectivity index (χ1) is 18.5. The minimum atomic E-state index is -0.623. The van der Waals surface area contributed by atoms with Gasteiger partial charge in [0.15, 0.2) is 16.6 Å². The van der Waals surface area contributed by atoms with Gasteiger partial charge in [-0.1, -0.05) is 11.8 Å². The van der Waals surface area contributed by atoms with Crippen molar-refractivity contribution >= 4 is 57.3 Å². The van der Waals surface area contributed by atoms with Crippen molar-refractivity contribution in [1.29, 1.82) is 0 Å². The van der Waals surface area contributed by atoms with Gasteiger partial charge in [-0.3, -0.25) is 0 Å². The molecule has 1 fully saturated rings. The average Bonchev–Trinajstić information content (AvgIpc) is 3.22. The van der Waals surface area contributed by atoms with E-state index in [4.69, 9.17) is 17.3 Å². The second-order valence-electron chi connectivity index (χ2n) is 10.6. The summed E-state index contributed by atoms with van der Waals surface area (Å²) in [5.41, 5.74) is 2.41. The number of hydrogen-bond acceptors (Lipinski definition) is 6. The van der Waals surface area contributed by atoms with Crippen molar-refractivity contribution in [2.75, 3.05) is 48.8 Å². The van der Waals surface area contributed by atoms with Crippen LogP contribution < -0.4 is 15.5 Å². The Morgan fingerprint density at radius 2 is 1.59 bits per heavy atom. The number of hydrogen-bond donors (Lipinski definition) is 2. The van der Waals surface area contributed by atoms with E-state index < -0.39 is 11.6 Å². The van der Waals surface area contributed by atoms with Crippen molar-refractivity contribution < 1.29 is 8.78 Å². The van der Waals surface area contributed by atoms with E-state index in [1.807, 2.05) is 43.7 Å². The highest BCUT2D eigenvalue weighted by Gasteiger charge is 2.22. The fourth-order valence-corrected chi connectivity index (χ4v) is 5.52. The van der Waals surface area contributed by atoms with E-state index in [2.05, 4.69) is 44.6 Å². The molecule has 39 heavy (non-hydrogen) atoms. The molecule has 11 heteroatoms. The average molecular weight is 568 g/mol. The van der Waals surface area contributed by atoms with E-state index in [1.54, 1.807) is 6.20 Å². The lowest BCUT2D eigenvalue weighted by Gasteiger charge is -2.34. The number of halogens is 2. The van der Waals surface area contributed by atoms with Gasteiger partial charge in [0.2, 0.25) is 0 Å². The Hall–Kier alpha value is -3.28. The molecule has 0 unspecified atom stereocenters.